The molecule has 0 aliphatic heterocycles. The number of nitrogens with one attached hydrogen (secondary N) is 1. The van der Waals surface area contributed by atoms with Gasteiger partial charge < -0.3 is 19.7 Å². The van der Waals surface area contributed by atoms with E-state index in [9.17, 15) is 18.0 Å². The van der Waals surface area contributed by atoms with Gasteiger partial charge in [-0.25, -0.2) is 8.42 Å². The van der Waals surface area contributed by atoms with E-state index in [2.05, 4.69) is 5.32 Å². The maximum atomic E-state index is 14.0. The minimum Gasteiger partial charge on any atom is -0.493 e. The lowest BCUT2D eigenvalue weighted by Gasteiger charge is -2.32. The Morgan fingerprint density at radius 3 is 1.93 bits per heavy atom. The Labute approximate surface area is 243 Å². The molecule has 1 atom stereocenters. The summed E-state index contributed by atoms with van der Waals surface area (Å²) >= 11 is 0. The summed E-state index contributed by atoms with van der Waals surface area (Å²) in [5.74, 6) is -0.153. The minimum absolute atomic E-state index is 0.0290. The highest BCUT2D eigenvalue weighted by Gasteiger charge is 2.33. The molecule has 1 unspecified atom stereocenters. The zero-order valence-electron chi connectivity index (χ0n) is 24.7. The molecule has 41 heavy (non-hydrogen) atoms. The summed E-state index contributed by atoms with van der Waals surface area (Å²) in [6, 6.07) is 17.7. The van der Waals surface area contributed by atoms with Crippen LogP contribution in [-0.2, 0) is 26.2 Å². The van der Waals surface area contributed by atoms with Gasteiger partial charge in [0.25, 0.3) is 10.0 Å². The summed E-state index contributed by atoms with van der Waals surface area (Å²) in [4.78, 5) is 28.5. The Bertz CT molecular complexity index is 1450. The first-order valence-corrected chi connectivity index (χ1v) is 14.8. The van der Waals surface area contributed by atoms with Crippen molar-refractivity contribution in [3.8, 4) is 11.5 Å². The van der Waals surface area contributed by atoms with E-state index in [-0.39, 0.29) is 29.1 Å². The number of hydrogen-bond acceptors (Lipinski definition) is 6. The van der Waals surface area contributed by atoms with Crippen LogP contribution in [0.3, 0.4) is 0 Å². The van der Waals surface area contributed by atoms with Crippen molar-refractivity contribution in [2.45, 2.75) is 58.1 Å². The second-order valence-corrected chi connectivity index (χ2v) is 12.1. The van der Waals surface area contributed by atoms with Crippen LogP contribution in [0.25, 0.3) is 0 Å². The molecule has 0 aliphatic carbocycles. The van der Waals surface area contributed by atoms with Crippen molar-refractivity contribution in [3.05, 3.63) is 83.4 Å². The van der Waals surface area contributed by atoms with Gasteiger partial charge in [0.1, 0.15) is 12.6 Å². The summed E-state index contributed by atoms with van der Waals surface area (Å²) < 4.78 is 39.8. The van der Waals surface area contributed by atoms with Gasteiger partial charge in [-0.3, -0.25) is 13.9 Å². The van der Waals surface area contributed by atoms with Crippen LogP contribution in [0.1, 0.15) is 37.5 Å². The number of aryl methyl sites for hydroxylation is 2. The van der Waals surface area contributed by atoms with E-state index in [0.29, 0.717) is 11.5 Å². The lowest BCUT2D eigenvalue weighted by molar-refractivity contribution is -0.139. The Kier molecular flexibility index (Phi) is 10.4. The molecule has 0 saturated heterocycles. The smallest absolute Gasteiger partial charge is 0.264 e. The monoisotopic (exact) mass is 581 g/mol. The molecule has 220 valence electrons. The molecule has 0 saturated carbocycles. The molecule has 10 heteroatoms. The van der Waals surface area contributed by atoms with Crippen LogP contribution in [0.5, 0.6) is 11.5 Å². The van der Waals surface area contributed by atoms with E-state index < -0.39 is 28.5 Å². The number of anilines is 1. The molecule has 9 nitrogen and oxygen atoms in total. The van der Waals surface area contributed by atoms with Gasteiger partial charge in [-0.1, -0.05) is 47.5 Å². The number of ether oxygens (including phenoxy) is 2. The maximum absolute atomic E-state index is 14.0. The summed E-state index contributed by atoms with van der Waals surface area (Å²) in [6.45, 7) is 8.71. The van der Waals surface area contributed by atoms with Crippen LogP contribution in [0.15, 0.2) is 71.6 Å². The van der Waals surface area contributed by atoms with Crippen LogP contribution in [0.2, 0.25) is 0 Å². The third-order valence-electron chi connectivity index (χ3n) is 6.61. The number of carbonyl (C=O) groups is 2. The average Bonchev–Trinajstić information content (AvgIpc) is 2.94. The lowest BCUT2D eigenvalue weighted by Crippen LogP contribution is -2.52. The Morgan fingerprint density at radius 2 is 1.39 bits per heavy atom. The Balaban J connectivity index is 2.08. The fraction of sp³-hybridized carbons (Fsp3) is 0.355. The van der Waals surface area contributed by atoms with E-state index in [4.69, 9.17) is 9.47 Å². The van der Waals surface area contributed by atoms with Gasteiger partial charge in [-0.2, -0.15) is 0 Å². The lowest BCUT2D eigenvalue weighted by atomic mass is 10.1. The van der Waals surface area contributed by atoms with Crippen LogP contribution in [-0.4, -0.2) is 58.0 Å². The number of hydrogen-bond donors (Lipinski definition) is 1. The van der Waals surface area contributed by atoms with E-state index in [1.807, 2.05) is 52.0 Å². The zero-order chi connectivity index (χ0) is 30.3. The summed E-state index contributed by atoms with van der Waals surface area (Å²) in [5.41, 5.74) is 2.98. The maximum Gasteiger partial charge on any atom is 0.264 e. The van der Waals surface area contributed by atoms with Gasteiger partial charge in [0.05, 0.1) is 24.8 Å². The number of rotatable bonds is 12. The number of sulfonamides is 1. The molecule has 0 spiro atoms. The summed E-state index contributed by atoms with van der Waals surface area (Å²) in [6.07, 6.45) is 0. The molecule has 0 bridgehead atoms. The SMILES string of the molecule is COc1ccc(N(CC(=O)N(Cc2ccc(C)cc2)C(C)C(=O)NC(C)C)S(=O)(=O)c2ccc(C)cc2)cc1OC. The van der Waals surface area contributed by atoms with Crippen molar-refractivity contribution in [1.29, 1.82) is 0 Å². The molecule has 3 rings (SSSR count). The highest BCUT2D eigenvalue weighted by molar-refractivity contribution is 7.92. The second-order valence-electron chi connectivity index (χ2n) is 10.2. The van der Waals surface area contributed by atoms with Gasteiger partial charge in [-0.15, -0.1) is 0 Å². The zero-order valence-corrected chi connectivity index (χ0v) is 25.5. The van der Waals surface area contributed by atoms with Crippen molar-refractivity contribution in [1.82, 2.24) is 10.2 Å². The summed E-state index contributed by atoms with van der Waals surface area (Å²) in [7, 11) is -1.27. The predicted molar refractivity (Wildman–Crippen MR) is 160 cm³/mol. The largest absolute Gasteiger partial charge is 0.493 e. The quantitative estimate of drug-likeness (QED) is 0.339. The Hall–Kier alpha value is -4.05. The van der Waals surface area contributed by atoms with Crippen molar-refractivity contribution >= 4 is 27.5 Å². The van der Waals surface area contributed by atoms with Crippen LogP contribution >= 0.6 is 0 Å². The van der Waals surface area contributed by atoms with Crippen LogP contribution in [0, 0.1) is 13.8 Å². The molecule has 3 aromatic carbocycles. The topological polar surface area (TPSA) is 105 Å². The van der Waals surface area contributed by atoms with Crippen molar-refractivity contribution in [3.63, 3.8) is 0 Å². The molecule has 0 fully saturated rings. The van der Waals surface area contributed by atoms with Crippen LogP contribution in [0.4, 0.5) is 5.69 Å². The Morgan fingerprint density at radius 1 is 0.829 bits per heavy atom. The van der Waals surface area contributed by atoms with E-state index in [1.165, 1.54) is 37.3 Å². The fourth-order valence-corrected chi connectivity index (χ4v) is 5.63. The molecule has 0 heterocycles. The molecule has 3 aromatic rings. The molecule has 1 N–H and O–H groups in total. The molecule has 0 radical (unpaired) electrons. The number of carbonyl (C=O) groups excluding carboxylic acids is 2. The molecule has 0 aromatic heterocycles. The third kappa shape index (κ3) is 7.79. The average molecular weight is 582 g/mol. The standard InChI is InChI=1S/C31H39N3O6S/c1-21(2)32-31(36)24(5)33(19-25-12-8-22(3)9-13-25)30(35)20-34(26-14-17-28(39-6)29(18-26)40-7)41(37,38)27-15-10-23(4)11-16-27/h8-18,21,24H,19-20H2,1-7H3,(H,32,36). The van der Waals surface area contributed by atoms with Gasteiger partial charge in [0.2, 0.25) is 11.8 Å². The first-order valence-electron chi connectivity index (χ1n) is 13.3. The van der Waals surface area contributed by atoms with Crippen molar-refractivity contribution in [2.24, 2.45) is 0 Å². The van der Waals surface area contributed by atoms with Crippen molar-refractivity contribution in [2.75, 3.05) is 25.1 Å². The molecule has 0 aliphatic rings. The first kappa shape index (κ1) is 31.5. The molecular formula is C31H39N3O6S. The minimum atomic E-state index is -4.20. The van der Waals surface area contributed by atoms with Gasteiger partial charge in [-0.05, 0) is 64.4 Å². The number of amides is 2. The predicted octanol–water partition coefficient (Wildman–Crippen LogP) is 4.46. The fourth-order valence-electron chi connectivity index (χ4n) is 4.22. The van der Waals surface area contributed by atoms with E-state index in [1.54, 1.807) is 31.2 Å². The van der Waals surface area contributed by atoms with Crippen LogP contribution < -0.4 is 19.1 Å². The summed E-state index contributed by atoms with van der Waals surface area (Å²) in [5, 5.41) is 2.85. The normalized spacial score (nSPS) is 12.0. The van der Waals surface area contributed by atoms with Gasteiger partial charge >= 0.3 is 0 Å². The highest BCUT2D eigenvalue weighted by atomic mass is 32.2. The van der Waals surface area contributed by atoms with E-state index in [0.717, 1.165) is 21.0 Å². The highest BCUT2D eigenvalue weighted by Crippen LogP contribution is 2.34. The molecular weight excluding hydrogens is 542 g/mol. The second kappa shape index (κ2) is 13.5. The third-order valence-corrected chi connectivity index (χ3v) is 8.40. The van der Waals surface area contributed by atoms with Gasteiger partial charge in [0.15, 0.2) is 11.5 Å². The van der Waals surface area contributed by atoms with E-state index >= 15 is 0 Å². The number of methoxy groups -OCH3 is 2. The van der Waals surface area contributed by atoms with Gasteiger partial charge in [0, 0.05) is 18.7 Å². The molecule has 2 amide bonds. The first-order chi connectivity index (χ1) is 19.4. The number of nitrogens with zero attached hydrogens (tertiary/aromatic N) is 2. The van der Waals surface area contributed by atoms with Crippen molar-refractivity contribution < 1.29 is 27.5 Å². The number of benzene rings is 3.